The van der Waals surface area contributed by atoms with E-state index in [1.165, 1.54) is 0 Å². The number of thioether (sulfide) groups is 1. The van der Waals surface area contributed by atoms with Crippen molar-refractivity contribution >= 4 is 22.9 Å². The molecule has 0 aliphatic carbocycles. The van der Waals surface area contributed by atoms with E-state index in [4.69, 9.17) is 9.68 Å². The average molecular weight is 204 g/mol. The van der Waals surface area contributed by atoms with Gasteiger partial charge in [-0.3, -0.25) is 0 Å². The number of fused-ring (bicyclic) bond motifs is 1. The van der Waals surface area contributed by atoms with E-state index in [0.29, 0.717) is 5.89 Å². The van der Waals surface area contributed by atoms with Crippen LogP contribution in [0.2, 0.25) is 0 Å². The highest BCUT2D eigenvalue weighted by Crippen LogP contribution is 2.26. The molecule has 4 heteroatoms. The van der Waals surface area contributed by atoms with E-state index < -0.39 is 0 Å². The third-order valence-corrected chi connectivity index (χ3v) is 2.65. The standard InChI is InChI=1S/C10H8N2OS/c1-14-8-4-2-3-7-10(8)12-9(13-7)5-6-11/h2-4H,5H2,1H3. The van der Waals surface area contributed by atoms with Gasteiger partial charge in [-0.2, -0.15) is 5.26 Å². The molecule has 0 aliphatic heterocycles. The van der Waals surface area contributed by atoms with Crippen molar-refractivity contribution in [2.45, 2.75) is 11.3 Å². The van der Waals surface area contributed by atoms with Crippen LogP contribution >= 0.6 is 11.8 Å². The van der Waals surface area contributed by atoms with Crippen molar-refractivity contribution < 1.29 is 4.42 Å². The van der Waals surface area contributed by atoms with Gasteiger partial charge >= 0.3 is 0 Å². The Balaban J connectivity index is 2.59. The number of aromatic nitrogens is 1. The summed E-state index contributed by atoms with van der Waals surface area (Å²) in [5.74, 6) is 0.490. The zero-order chi connectivity index (χ0) is 9.97. The van der Waals surface area contributed by atoms with E-state index in [0.717, 1.165) is 16.0 Å². The first-order chi connectivity index (χ1) is 6.85. The molecule has 2 rings (SSSR count). The molecule has 70 valence electrons. The van der Waals surface area contributed by atoms with Gasteiger partial charge in [0.1, 0.15) is 11.9 Å². The Labute approximate surface area is 85.7 Å². The number of oxazole rings is 1. The fraction of sp³-hybridized carbons (Fsp3) is 0.200. The molecule has 2 aromatic rings. The van der Waals surface area contributed by atoms with Gasteiger partial charge in [0.2, 0.25) is 5.89 Å². The normalized spacial score (nSPS) is 10.3. The lowest BCUT2D eigenvalue weighted by molar-refractivity contribution is 0.548. The highest BCUT2D eigenvalue weighted by molar-refractivity contribution is 7.98. The molecule has 1 heterocycles. The lowest BCUT2D eigenvalue weighted by Gasteiger charge is -1.93. The van der Waals surface area contributed by atoms with Crippen LogP contribution in [0, 0.1) is 11.3 Å². The summed E-state index contributed by atoms with van der Waals surface area (Å²) in [6, 6.07) is 7.80. The minimum absolute atomic E-state index is 0.225. The van der Waals surface area contributed by atoms with Crippen LogP contribution in [0.3, 0.4) is 0 Å². The molecule has 0 amide bonds. The van der Waals surface area contributed by atoms with Gasteiger partial charge < -0.3 is 4.42 Å². The van der Waals surface area contributed by atoms with Crippen LogP contribution in [0.1, 0.15) is 5.89 Å². The molecule has 0 aliphatic rings. The third-order valence-electron chi connectivity index (χ3n) is 1.88. The van der Waals surface area contributed by atoms with E-state index >= 15 is 0 Å². The molecular formula is C10H8N2OS. The molecule has 0 saturated carbocycles. The fourth-order valence-electron chi connectivity index (χ4n) is 1.28. The van der Waals surface area contributed by atoms with Gasteiger partial charge in [-0.25, -0.2) is 4.98 Å². The molecule has 0 spiro atoms. The average Bonchev–Trinajstić information content (AvgIpc) is 2.60. The minimum Gasteiger partial charge on any atom is -0.440 e. The topological polar surface area (TPSA) is 49.8 Å². The summed E-state index contributed by atoms with van der Waals surface area (Å²) < 4.78 is 5.40. The summed E-state index contributed by atoms with van der Waals surface area (Å²) in [7, 11) is 0. The van der Waals surface area contributed by atoms with Gasteiger partial charge in [0, 0.05) is 4.90 Å². The maximum atomic E-state index is 8.52. The Morgan fingerprint density at radius 2 is 2.43 bits per heavy atom. The first kappa shape index (κ1) is 9.10. The van der Waals surface area contributed by atoms with Crippen LogP contribution in [-0.2, 0) is 6.42 Å². The van der Waals surface area contributed by atoms with Crippen molar-refractivity contribution in [2.24, 2.45) is 0 Å². The summed E-state index contributed by atoms with van der Waals surface area (Å²) in [5.41, 5.74) is 1.60. The van der Waals surface area contributed by atoms with Crippen LogP contribution in [0.15, 0.2) is 27.5 Å². The first-order valence-electron chi connectivity index (χ1n) is 4.14. The number of rotatable bonds is 2. The Morgan fingerprint density at radius 1 is 1.57 bits per heavy atom. The van der Waals surface area contributed by atoms with Crippen LogP contribution in [0.4, 0.5) is 0 Å². The summed E-state index contributed by atoms with van der Waals surface area (Å²) in [4.78, 5) is 5.34. The molecule has 1 aromatic heterocycles. The third kappa shape index (κ3) is 1.47. The molecule has 1 aromatic carbocycles. The SMILES string of the molecule is CSc1cccc2oc(CC#N)nc12. The summed E-state index contributed by atoms with van der Waals surface area (Å²) in [6.07, 6.45) is 2.22. The highest BCUT2D eigenvalue weighted by Gasteiger charge is 2.08. The highest BCUT2D eigenvalue weighted by atomic mass is 32.2. The predicted molar refractivity (Wildman–Crippen MR) is 55.1 cm³/mol. The molecule has 0 unspecified atom stereocenters. The Hall–Kier alpha value is -1.47. The van der Waals surface area contributed by atoms with Gasteiger partial charge in [0.25, 0.3) is 0 Å². The van der Waals surface area contributed by atoms with E-state index in [2.05, 4.69) is 4.98 Å². The van der Waals surface area contributed by atoms with Crippen molar-refractivity contribution in [3.63, 3.8) is 0 Å². The minimum atomic E-state index is 0.225. The quantitative estimate of drug-likeness (QED) is 0.705. The van der Waals surface area contributed by atoms with E-state index in [1.807, 2.05) is 30.5 Å². The van der Waals surface area contributed by atoms with Crippen LogP contribution in [-0.4, -0.2) is 11.2 Å². The summed E-state index contributed by atoms with van der Waals surface area (Å²) in [6.45, 7) is 0. The van der Waals surface area contributed by atoms with E-state index in [1.54, 1.807) is 11.8 Å². The van der Waals surface area contributed by atoms with Crippen molar-refractivity contribution in [1.29, 1.82) is 5.26 Å². The van der Waals surface area contributed by atoms with E-state index in [-0.39, 0.29) is 6.42 Å². The second kappa shape index (κ2) is 3.72. The Morgan fingerprint density at radius 3 is 3.14 bits per heavy atom. The van der Waals surface area contributed by atoms with Crippen molar-refractivity contribution in [3.05, 3.63) is 24.1 Å². The second-order valence-electron chi connectivity index (χ2n) is 2.75. The van der Waals surface area contributed by atoms with Gasteiger partial charge in [0.05, 0.1) is 6.07 Å². The van der Waals surface area contributed by atoms with Crippen molar-refractivity contribution in [3.8, 4) is 6.07 Å². The predicted octanol–water partition coefficient (Wildman–Crippen LogP) is 2.62. The largest absolute Gasteiger partial charge is 0.440 e. The molecule has 0 fully saturated rings. The number of nitrogens with zero attached hydrogens (tertiary/aromatic N) is 2. The monoisotopic (exact) mass is 204 g/mol. The van der Waals surface area contributed by atoms with Crippen molar-refractivity contribution in [1.82, 2.24) is 4.98 Å². The van der Waals surface area contributed by atoms with Gasteiger partial charge in [-0.15, -0.1) is 11.8 Å². The van der Waals surface area contributed by atoms with Crippen LogP contribution < -0.4 is 0 Å². The fourth-order valence-corrected chi connectivity index (χ4v) is 1.83. The van der Waals surface area contributed by atoms with Crippen LogP contribution in [0.5, 0.6) is 0 Å². The number of hydrogen-bond acceptors (Lipinski definition) is 4. The molecule has 0 atom stereocenters. The van der Waals surface area contributed by atoms with Gasteiger partial charge in [0.15, 0.2) is 5.58 Å². The summed E-state index contributed by atoms with van der Waals surface area (Å²) >= 11 is 1.62. The first-order valence-corrected chi connectivity index (χ1v) is 5.37. The lowest BCUT2D eigenvalue weighted by atomic mass is 10.3. The number of benzene rings is 1. The molecule has 0 bridgehead atoms. The van der Waals surface area contributed by atoms with Crippen LogP contribution in [0.25, 0.3) is 11.1 Å². The Bertz CT molecular complexity index is 498. The van der Waals surface area contributed by atoms with Gasteiger partial charge in [-0.05, 0) is 18.4 Å². The number of nitriles is 1. The maximum absolute atomic E-state index is 8.52. The van der Waals surface area contributed by atoms with E-state index in [9.17, 15) is 0 Å². The Kier molecular flexibility index (Phi) is 2.42. The molecule has 0 saturated heterocycles. The molecule has 0 radical (unpaired) electrons. The lowest BCUT2D eigenvalue weighted by Crippen LogP contribution is -1.79. The molecular weight excluding hydrogens is 196 g/mol. The number of hydrogen-bond donors (Lipinski definition) is 0. The number of para-hydroxylation sites is 1. The summed E-state index contributed by atoms with van der Waals surface area (Å²) in [5, 5.41) is 8.52. The van der Waals surface area contributed by atoms with Gasteiger partial charge in [-0.1, -0.05) is 6.07 Å². The smallest absolute Gasteiger partial charge is 0.209 e. The zero-order valence-electron chi connectivity index (χ0n) is 7.65. The zero-order valence-corrected chi connectivity index (χ0v) is 8.47. The molecule has 14 heavy (non-hydrogen) atoms. The molecule has 3 nitrogen and oxygen atoms in total. The maximum Gasteiger partial charge on any atom is 0.209 e. The second-order valence-corrected chi connectivity index (χ2v) is 3.60. The molecule has 0 N–H and O–H groups in total. The van der Waals surface area contributed by atoms with Crippen molar-refractivity contribution in [2.75, 3.05) is 6.26 Å².